The number of halogens is 4. The van der Waals surface area contributed by atoms with Gasteiger partial charge in [-0.3, -0.25) is 9.78 Å². The first-order valence-corrected chi connectivity index (χ1v) is 9.19. The molecule has 0 atom stereocenters. The molecule has 0 bridgehead atoms. The summed E-state index contributed by atoms with van der Waals surface area (Å²) in [5.74, 6) is -1.43. The number of nitriles is 1. The van der Waals surface area contributed by atoms with E-state index in [1.165, 1.54) is 42.7 Å². The van der Waals surface area contributed by atoms with Crippen LogP contribution in [0.2, 0.25) is 0 Å². The molecule has 2 aromatic heterocycles. The predicted octanol–water partition coefficient (Wildman–Crippen LogP) is 4.67. The summed E-state index contributed by atoms with van der Waals surface area (Å²) in [5, 5.41) is 21.3. The summed E-state index contributed by atoms with van der Waals surface area (Å²) in [5.41, 5.74) is -1.71. The van der Waals surface area contributed by atoms with Gasteiger partial charge in [-0.25, -0.2) is 9.37 Å². The third-order valence-corrected chi connectivity index (χ3v) is 4.20. The highest BCUT2D eigenvalue weighted by atomic mass is 19.4. The second kappa shape index (κ2) is 9.69. The van der Waals surface area contributed by atoms with E-state index in [4.69, 9.17) is 10.7 Å². The van der Waals surface area contributed by atoms with Gasteiger partial charge in [0.05, 0.1) is 23.2 Å². The fourth-order valence-electron chi connectivity index (χ4n) is 2.58. The third kappa shape index (κ3) is 5.98. The number of nitrogens with zero attached hydrogens (tertiary/aromatic N) is 3. The van der Waals surface area contributed by atoms with Gasteiger partial charge in [0.25, 0.3) is 5.91 Å². The monoisotopic (exact) mass is 454 g/mol. The Labute approximate surface area is 184 Å². The summed E-state index contributed by atoms with van der Waals surface area (Å²) in [7, 11) is 0. The van der Waals surface area contributed by atoms with E-state index >= 15 is 0 Å². The number of rotatable bonds is 6. The maximum Gasteiger partial charge on any atom is 0.431 e. The van der Waals surface area contributed by atoms with Crippen LogP contribution in [0.4, 0.5) is 29.1 Å². The van der Waals surface area contributed by atoms with Gasteiger partial charge in [0.2, 0.25) is 0 Å². The second-order valence-electron chi connectivity index (χ2n) is 6.53. The lowest BCUT2D eigenvalue weighted by Crippen LogP contribution is -2.21. The Morgan fingerprint density at radius 1 is 1.09 bits per heavy atom. The first kappa shape index (κ1) is 23.1. The zero-order valence-electron chi connectivity index (χ0n) is 16.6. The zero-order valence-corrected chi connectivity index (χ0v) is 16.6. The van der Waals surface area contributed by atoms with Crippen molar-refractivity contribution in [2.24, 2.45) is 0 Å². The van der Waals surface area contributed by atoms with Crippen LogP contribution in [-0.2, 0) is 0 Å². The maximum absolute atomic E-state index is 13.4. The molecule has 3 rings (SSSR count). The quantitative estimate of drug-likeness (QED) is 0.370. The van der Waals surface area contributed by atoms with Crippen molar-refractivity contribution in [2.75, 3.05) is 10.6 Å². The summed E-state index contributed by atoms with van der Waals surface area (Å²) in [6, 6.07) is 10.3. The van der Waals surface area contributed by atoms with Crippen LogP contribution in [0.1, 0.15) is 21.5 Å². The average Bonchev–Trinajstić information content (AvgIpc) is 2.80. The number of amides is 1. The Bertz CT molecular complexity index is 1250. The fourth-order valence-corrected chi connectivity index (χ4v) is 2.58. The number of allylic oxidation sites excluding steroid dienone is 2. The molecule has 2 heterocycles. The topological polar surface area (TPSA) is 115 Å². The summed E-state index contributed by atoms with van der Waals surface area (Å²) in [4.78, 5) is 19.9. The van der Waals surface area contributed by atoms with Crippen LogP contribution in [0.15, 0.2) is 72.8 Å². The highest BCUT2D eigenvalue weighted by molar-refractivity contribution is 6.07. The van der Waals surface area contributed by atoms with Gasteiger partial charge in [-0.15, -0.1) is 0 Å². The molecule has 1 aromatic carbocycles. The molecule has 33 heavy (non-hydrogen) atoms. The second-order valence-corrected chi connectivity index (χ2v) is 6.53. The van der Waals surface area contributed by atoms with E-state index in [0.717, 1.165) is 18.3 Å². The van der Waals surface area contributed by atoms with E-state index in [1.54, 1.807) is 6.07 Å². The van der Waals surface area contributed by atoms with Gasteiger partial charge in [0.15, 0.2) is 0 Å². The first-order valence-electron chi connectivity index (χ1n) is 9.19. The Balaban J connectivity index is 1.74. The average molecular weight is 454 g/mol. The van der Waals surface area contributed by atoms with Crippen LogP contribution in [0.25, 0.3) is 0 Å². The molecule has 0 saturated heterocycles. The molecule has 0 aliphatic carbocycles. The van der Waals surface area contributed by atoms with Crippen molar-refractivity contribution in [1.29, 1.82) is 10.7 Å². The normalized spacial score (nSPS) is 11.4. The number of pyridine rings is 2. The van der Waals surface area contributed by atoms with Crippen molar-refractivity contribution in [2.45, 2.75) is 6.18 Å². The number of alkyl halides is 3. The number of carbonyl (C=O) groups is 1. The van der Waals surface area contributed by atoms with Crippen molar-refractivity contribution in [3.8, 4) is 6.07 Å². The lowest BCUT2D eigenvalue weighted by Gasteiger charge is -2.15. The van der Waals surface area contributed by atoms with Crippen molar-refractivity contribution in [1.82, 2.24) is 9.97 Å². The smallest absolute Gasteiger partial charge is 0.350 e. The van der Waals surface area contributed by atoms with Gasteiger partial charge in [0, 0.05) is 23.5 Å². The van der Waals surface area contributed by atoms with E-state index in [2.05, 4.69) is 20.6 Å². The van der Waals surface area contributed by atoms with Crippen molar-refractivity contribution in [3.63, 3.8) is 0 Å². The Morgan fingerprint density at radius 3 is 2.48 bits per heavy atom. The lowest BCUT2D eigenvalue weighted by atomic mass is 10.1. The highest BCUT2D eigenvalue weighted by Crippen LogP contribution is 2.27. The number of hydrogen-bond acceptors (Lipinski definition) is 6. The molecule has 0 saturated carbocycles. The van der Waals surface area contributed by atoms with E-state index in [-0.39, 0.29) is 28.2 Å². The van der Waals surface area contributed by atoms with E-state index < -0.39 is 29.3 Å². The number of nitrogens with one attached hydrogen (secondary N) is 3. The van der Waals surface area contributed by atoms with Crippen molar-refractivity contribution in [3.05, 3.63) is 95.3 Å². The molecule has 1 amide bonds. The largest absolute Gasteiger partial charge is 0.431 e. The molecule has 0 unspecified atom stereocenters. The van der Waals surface area contributed by atoms with Crippen molar-refractivity contribution >= 4 is 23.1 Å². The van der Waals surface area contributed by atoms with E-state index in [9.17, 15) is 22.4 Å². The third-order valence-electron chi connectivity index (χ3n) is 4.20. The van der Waals surface area contributed by atoms with Crippen LogP contribution >= 0.6 is 0 Å². The minimum Gasteiger partial charge on any atom is -0.350 e. The zero-order chi connectivity index (χ0) is 24.0. The number of benzene rings is 1. The molecule has 166 valence electrons. The SMILES string of the molecule is N#Cc1cc(C(=O)Nc2ccc(N/C(=C\C(=N)c3cccnc3)C(F)(F)F)cn2)ccc1F. The predicted molar refractivity (Wildman–Crippen MR) is 112 cm³/mol. The van der Waals surface area contributed by atoms with Gasteiger partial charge >= 0.3 is 6.18 Å². The van der Waals surface area contributed by atoms with Gasteiger partial charge in [-0.05, 0) is 48.5 Å². The molecule has 0 aliphatic heterocycles. The molecule has 0 spiro atoms. The molecular weight excluding hydrogens is 440 g/mol. The summed E-state index contributed by atoms with van der Waals surface area (Å²) in [6.45, 7) is 0. The molecule has 11 heteroatoms. The van der Waals surface area contributed by atoms with Gasteiger partial charge < -0.3 is 16.0 Å². The molecule has 0 radical (unpaired) electrons. The summed E-state index contributed by atoms with van der Waals surface area (Å²) >= 11 is 0. The number of carbonyl (C=O) groups excluding carboxylic acids is 1. The standard InChI is InChI=1S/C22H14F4N6O/c23-17-5-3-13(8-15(17)10-27)21(33)32-20-6-4-16(12-30-20)31-19(22(24,25)26)9-18(28)14-2-1-7-29-11-14/h1-9,11-12,28,31H,(H,30,32,33)/b19-9-,28-18?. The summed E-state index contributed by atoms with van der Waals surface area (Å²) in [6.07, 6.45) is -0.370. The number of hydrogen-bond donors (Lipinski definition) is 3. The molecule has 3 aromatic rings. The van der Waals surface area contributed by atoms with Crippen LogP contribution < -0.4 is 10.6 Å². The first-order chi connectivity index (χ1) is 15.7. The molecule has 7 nitrogen and oxygen atoms in total. The Hall–Kier alpha value is -4.59. The lowest BCUT2D eigenvalue weighted by molar-refractivity contribution is -0.0901. The highest BCUT2D eigenvalue weighted by Gasteiger charge is 2.34. The number of anilines is 2. The summed E-state index contributed by atoms with van der Waals surface area (Å²) < 4.78 is 53.7. The molecular formula is C22H14F4N6O. The van der Waals surface area contributed by atoms with Crippen LogP contribution in [0.3, 0.4) is 0 Å². The minimum atomic E-state index is -4.78. The fraction of sp³-hybridized carbons (Fsp3) is 0.0455. The van der Waals surface area contributed by atoms with Crippen LogP contribution in [-0.4, -0.2) is 27.8 Å². The minimum absolute atomic E-state index is 0.00755. The van der Waals surface area contributed by atoms with Gasteiger partial charge in [0.1, 0.15) is 23.4 Å². The van der Waals surface area contributed by atoms with Crippen LogP contribution in [0.5, 0.6) is 0 Å². The molecule has 0 aliphatic rings. The van der Waals surface area contributed by atoms with Gasteiger partial charge in [-0.2, -0.15) is 18.4 Å². The Kier molecular flexibility index (Phi) is 6.78. The van der Waals surface area contributed by atoms with Gasteiger partial charge in [-0.1, -0.05) is 0 Å². The molecule has 0 fully saturated rings. The maximum atomic E-state index is 13.4. The Morgan fingerprint density at radius 2 is 1.88 bits per heavy atom. The van der Waals surface area contributed by atoms with Crippen molar-refractivity contribution < 1.29 is 22.4 Å². The molecule has 3 N–H and O–H groups in total. The van der Waals surface area contributed by atoms with E-state index in [1.807, 2.05) is 0 Å². The number of aromatic nitrogens is 2. The van der Waals surface area contributed by atoms with E-state index in [0.29, 0.717) is 6.08 Å². The van der Waals surface area contributed by atoms with Crippen LogP contribution in [0, 0.1) is 22.6 Å².